The van der Waals surface area contributed by atoms with E-state index >= 15 is 0 Å². The van der Waals surface area contributed by atoms with Crippen molar-refractivity contribution in [2.24, 2.45) is 0 Å². The summed E-state index contributed by atoms with van der Waals surface area (Å²) >= 11 is 0. The Morgan fingerprint density at radius 3 is 2.45 bits per heavy atom. The predicted molar refractivity (Wildman–Crippen MR) is 130 cm³/mol. The van der Waals surface area contributed by atoms with E-state index in [0.29, 0.717) is 32.5 Å². The zero-order valence-corrected chi connectivity index (χ0v) is 19.1. The molecule has 4 aromatic rings. The number of hydrogen-bond donors (Lipinski definition) is 1. The number of imidazole rings is 1. The molecule has 0 saturated carbocycles. The van der Waals surface area contributed by atoms with Crippen LogP contribution in [0, 0.1) is 6.92 Å². The van der Waals surface area contributed by atoms with Crippen molar-refractivity contribution in [3.63, 3.8) is 0 Å². The number of amides is 1. The van der Waals surface area contributed by atoms with Gasteiger partial charge in [-0.1, -0.05) is 42.0 Å². The first-order valence-electron chi connectivity index (χ1n) is 11.2. The quantitative estimate of drug-likeness (QED) is 0.355. The molecule has 1 amide bonds. The molecular formula is C27H29N3O3. The highest BCUT2D eigenvalue weighted by Gasteiger charge is 2.12. The molecule has 4 rings (SSSR count). The molecule has 33 heavy (non-hydrogen) atoms. The number of aryl methyl sites for hydroxylation is 1. The smallest absolute Gasteiger partial charge is 0.220 e. The number of benzene rings is 3. The van der Waals surface area contributed by atoms with Crippen molar-refractivity contribution in [3.05, 3.63) is 89.7 Å². The maximum atomic E-state index is 12.4. The zero-order chi connectivity index (χ0) is 23.0. The Morgan fingerprint density at radius 2 is 1.70 bits per heavy atom. The van der Waals surface area contributed by atoms with Gasteiger partial charge in [0.2, 0.25) is 5.91 Å². The highest BCUT2D eigenvalue weighted by Crippen LogP contribution is 2.19. The van der Waals surface area contributed by atoms with Crippen LogP contribution in [0.2, 0.25) is 0 Å². The summed E-state index contributed by atoms with van der Waals surface area (Å²) in [5, 5.41) is 3.01. The maximum Gasteiger partial charge on any atom is 0.220 e. The van der Waals surface area contributed by atoms with Crippen LogP contribution in [-0.2, 0) is 17.9 Å². The van der Waals surface area contributed by atoms with Crippen molar-refractivity contribution >= 4 is 16.9 Å². The van der Waals surface area contributed by atoms with Gasteiger partial charge in [0.15, 0.2) is 0 Å². The van der Waals surface area contributed by atoms with E-state index in [4.69, 9.17) is 14.5 Å². The van der Waals surface area contributed by atoms with Crippen LogP contribution in [0.15, 0.2) is 72.8 Å². The molecular weight excluding hydrogens is 414 g/mol. The van der Waals surface area contributed by atoms with Crippen LogP contribution in [0.5, 0.6) is 11.5 Å². The predicted octanol–water partition coefficient (Wildman–Crippen LogP) is 4.88. The van der Waals surface area contributed by atoms with Gasteiger partial charge < -0.3 is 19.4 Å². The van der Waals surface area contributed by atoms with Crippen molar-refractivity contribution in [2.75, 3.05) is 13.7 Å². The molecule has 0 aliphatic rings. The van der Waals surface area contributed by atoms with Crippen molar-refractivity contribution in [2.45, 2.75) is 32.9 Å². The van der Waals surface area contributed by atoms with E-state index < -0.39 is 0 Å². The normalized spacial score (nSPS) is 10.8. The molecule has 1 aromatic heterocycles. The molecule has 6 heteroatoms. The van der Waals surface area contributed by atoms with Crippen molar-refractivity contribution in [1.82, 2.24) is 14.9 Å². The number of nitrogens with one attached hydrogen (secondary N) is 1. The van der Waals surface area contributed by atoms with Gasteiger partial charge in [0.1, 0.15) is 17.3 Å². The van der Waals surface area contributed by atoms with Gasteiger partial charge in [0.25, 0.3) is 0 Å². The van der Waals surface area contributed by atoms with E-state index in [2.05, 4.69) is 47.1 Å². The van der Waals surface area contributed by atoms with Crippen LogP contribution in [0.25, 0.3) is 11.0 Å². The third-order valence-electron chi connectivity index (χ3n) is 5.51. The number of methoxy groups -OCH3 is 1. The Balaban J connectivity index is 1.32. The molecule has 3 aromatic carbocycles. The lowest BCUT2D eigenvalue weighted by atomic mass is 10.1. The first-order chi connectivity index (χ1) is 16.1. The molecule has 1 N–H and O–H groups in total. The average Bonchev–Trinajstić information content (AvgIpc) is 3.19. The van der Waals surface area contributed by atoms with Gasteiger partial charge in [-0.25, -0.2) is 4.98 Å². The maximum absolute atomic E-state index is 12.4. The molecule has 6 nitrogen and oxygen atoms in total. The van der Waals surface area contributed by atoms with E-state index in [1.54, 1.807) is 7.11 Å². The third kappa shape index (κ3) is 5.92. The van der Waals surface area contributed by atoms with Gasteiger partial charge in [-0.3, -0.25) is 4.79 Å². The summed E-state index contributed by atoms with van der Waals surface area (Å²) in [5.74, 6) is 2.39. The van der Waals surface area contributed by atoms with Crippen LogP contribution in [-0.4, -0.2) is 29.2 Å². The number of rotatable bonds is 10. The third-order valence-corrected chi connectivity index (χ3v) is 5.51. The molecule has 0 bridgehead atoms. The Hall–Kier alpha value is -3.80. The first-order valence-corrected chi connectivity index (χ1v) is 11.2. The number of hydrogen-bond acceptors (Lipinski definition) is 4. The molecule has 0 atom stereocenters. The summed E-state index contributed by atoms with van der Waals surface area (Å²) in [5.41, 5.74) is 4.43. The molecule has 0 fully saturated rings. The van der Waals surface area contributed by atoms with Crippen LogP contribution in [0.1, 0.15) is 29.8 Å². The number of fused-ring (bicyclic) bond motifs is 1. The summed E-state index contributed by atoms with van der Waals surface area (Å²) in [6.07, 6.45) is 1.03. The molecule has 0 unspecified atom stereocenters. The molecule has 0 radical (unpaired) electrons. The van der Waals surface area contributed by atoms with Gasteiger partial charge in [0, 0.05) is 13.0 Å². The molecule has 0 aliphatic heterocycles. The average molecular weight is 444 g/mol. The lowest BCUT2D eigenvalue weighted by Gasteiger charge is -2.11. The Labute approximate surface area is 194 Å². The first kappa shape index (κ1) is 22.4. The second kappa shape index (κ2) is 10.7. The van der Waals surface area contributed by atoms with Gasteiger partial charge in [-0.05, 0) is 55.3 Å². The van der Waals surface area contributed by atoms with E-state index in [1.807, 2.05) is 42.5 Å². The van der Waals surface area contributed by atoms with Crippen LogP contribution < -0.4 is 14.8 Å². The Bertz CT molecular complexity index is 1200. The van der Waals surface area contributed by atoms with E-state index in [9.17, 15) is 4.79 Å². The minimum atomic E-state index is -0.0118. The molecule has 1 heterocycles. The molecule has 0 spiro atoms. The fourth-order valence-electron chi connectivity index (χ4n) is 3.67. The Kier molecular flexibility index (Phi) is 7.25. The summed E-state index contributed by atoms with van der Waals surface area (Å²) in [7, 11) is 1.63. The number of aromatic nitrogens is 2. The monoisotopic (exact) mass is 443 g/mol. The lowest BCUT2D eigenvalue weighted by molar-refractivity contribution is -0.121. The van der Waals surface area contributed by atoms with Gasteiger partial charge in [0.05, 0.1) is 31.3 Å². The summed E-state index contributed by atoms with van der Waals surface area (Å²) < 4.78 is 13.0. The fourth-order valence-corrected chi connectivity index (χ4v) is 3.67. The molecule has 0 saturated heterocycles. The van der Waals surface area contributed by atoms with Gasteiger partial charge in [-0.2, -0.15) is 0 Å². The second-order valence-corrected chi connectivity index (χ2v) is 7.99. The van der Waals surface area contributed by atoms with Crippen molar-refractivity contribution in [3.8, 4) is 11.5 Å². The van der Waals surface area contributed by atoms with Crippen LogP contribution in [0.3, 0.4) is 0 Å². The number of para-hydroxylation sites is 2. The summed E-state index contributed by atoms with van der Waals surface area (Å²) in [6.45, 7) is 3.66. The number of carbonyl (C=O) groups is 1. The van der Waals surface area contributed by atoms with E-state index in [1.165, 1.54) is 11.1 Å². The SMILES string of the molecule is COc1ccc(OCCCC(=O)NCc2nc3ccccc3n2Cc2ccc(C)cc2)cc1. The van der Waals surface area contributed by atoms with E-state index in [-0.39, 0.29) is 5.91 Å². The fraction of sp³-hybridized carbons (Fsp3) is 0.259. The van der Waals surface area contributed by atoms with Crippen LogP contribution >= 0.6 is 0 Å². The van der Waals surface area contributed by atoms with Crippen molar-refractivity contribution < 1.29 is 14.3 Å². The highest BCUT2D eigenvalue weighted by atomic mass is 16.5. The molecule has 0 aliphatic carbocycles. The van der Waals surface area contributed by atoms with Crippen molar-refractivity contribution in [1.29, 1.82) is 0 Å². The zero-order valence-electron chi connectivity index (χ0n) is 19.1. The summed E-state index contributed by atoms with van der Waals surface area (Å²) in [6, 6.07) is 24.0. The van der Waals surface area contributed by atoms with E-state index in [0.717, 1.165) is 28.4 Å². The second-order valence-electron chi connectivity index (χ2n) is 7.99. The highest BCUT2D eigenvalue weighted by molar-refractivity contribution is 5.77. The minimum Gasteiger partial charge on any atom is -0.497 e. The lowest BCUT2D eigenvalue weighted by Crippen LogP contribution is -2.25. The number of nitrogens with zero attached hydrogens (tertiary/aromatic N) is 2. The standard InChI is InChI=1S/C27H29N3O3/c1-20-9-11-21(12-10-20)19-30-25-7-4-3-6-24(25)29-26(30)18-28-27(31)8-5-17-33-23-15-13-22(32-2)14-16-23/h3-4,6-7,9-16H,5,8,17-19H2,1-2H3,(H,28,31). The topological polar surface area (TPSA) is 65.4 Å². The largest absolute Gasteiger partial charge is 0.497 e. The van der Waals surface area contributed by atoms with Gasteiger partial charge >= 0.3 is 0 Å². The number of carbonyl (C=O) groups excluding carboxylic acids is 1. The summed E-state index contributed by atoms with van der Waals surface area (Å²) in [4.78, 5) is 17.2. The molecule has 170 valence electrons. The minimum absolute atomic E-state index is 0.0118. The van der Waals surface area contributed by atoms with Crippen LogP contribution in [0.4, 0.5) is 0 Å². The number of ether oxygens (including phenoxy) is 2. The Morgan fingerprint density at radius 1 is 0.970 bits per heavy atom. The van der Waals surface area contributed by atoms with Gasteiger partial charge in [-0.15, -0.1) is 0 Å².